The largest absolute Gasteiger partial charge is 0.268 e. The van der Waals surface area contributed by atoms with Crippen LogP contribution in [0.25, 0.3) is 10.9 Å². The Morgan fingerprint density at radius 2 is 2.07 bits per heavy atom. The molecular formula is C11H12BrFN2. The molecule has 80 valence electrons. The van der Waals surface area contributed by atoms with Crippen LogP contribution < -0.4 is 0 Å². The summed E-state index contributed by atoms with van der Waals surface area (Å²) in [5.41, 5.74) is 0.0144. The van der Waals surface area contributed by atoms with E-state index in [1.165, 1.54) is 13.8 Å². The van der Waals surface area contributed by atoms with Crippen molar-refractivity contribution < 1.29 is 4.39 Å². The number of halogens is 2. The molecule has 15 heavy (non-hydrogen) atoms. The summed E-state index contributed by atoms with van der Waals surface area (Å²) in [4.78, 5) is 0. The summed E-state index contributed by atoms with van der Waals surface area (Å²) in [5, 5.41) is 5.08. The molecule has 0 bridgehead atoms. The Bertz CT molecular complexity index is 511. The summed E-state index contributed by atoms with van der Waals surface area (Å²) in [5.74, 6) is 0. The maximum atomic E-state index is 13.9. The van der Waals surface area contributed by atoms with E-state index in [9.17, 15) is 4.39 Å². The van der Waals surface area contributed by atoms with E-state index in [2.05, 4.69) is 21.0 Å². The molecular weight excluding hydrogens is 259 g/mol. The van der Waals surface area contributed by atoms with E-state index < -0.39 is 5.67 Å². The molecule has 0 aliphatic carbocycles. The van der Waals surface area contributed by atoms with Crippen molar-refractivity contribution in [1.29, 1.82) is 0 Å². The van der Waals surface area contributed by atoms with E-state index in [4.69, 9.17) is 0 Å². The molecule has 0 atom stereocenters. The minimum absolute atomic E-state index is 0.487. The summed E-state index contributed by atoms with van der Waals surface area (Å²) in [6, 6.07) is 5.76. The highest BCUT2D eigenvalue weighted by Gasteiger charge is 2.25. The highest BCUT2D eigenvalue weighted by molar-refractivity contribution is 9.10. The Morgan fingerprint density at radius 3 is 2.67 bits per heavy atom. The van der Waals surface area contributed by atoms with Gasteiger partial charge in [0, 0.05) is 16.9 Å². The van der Waals surface area contributed by atoms with Crippen molar-refractivity contribution in [3.05, 3.63) is 28.4 Å². The van der Waals surface area contributed by atoms with Crippen molar-refractivity contribution in [3.8, 4) is 0 Å². The van der Waals surface area contributed by atoms with E-state index >= 15 is 0 Å². The average Bonchev–Trinajstić information content (AvgIpc) is 2.42. The van der Waals surface area contributed by atoms with Gasteiger partial charge in [-0.25, -0.2) is 4.39 Å². The van der Waals surface area contributed by atoms with E-state index in [1.807, 2.05) is 25.2 Å². The lowest BCUT2D eigenvalue weighted by Crippen LogP contribution is -2.10. The Kier molecular flexibility index (Phi) is 2.34. The van der Waals surface area contributed by atoms with E-state index in [0.717, 1.165) is 15.4 Å². The first-order chi connectivity index (χ1) is 6.89. The molecule has 0 saturated carbocycles. The zero-order valence-corrected chi connectivity index (χ0v) is 10.5. The van der Waals surface area contributed by atoms with Crippen LogP contribution >= 0.6 is 15.9 Å². The highest BCUT2D eigenvalue weighted by Crippen LogP contribution is 2.31. The molecule has 2 aromatic rings. The van der Waals surface area contributed by atoms with Gasteiger partial charge < -0.3 is 0 Å². The number of benzene rings is 1. The first kappa shape index (κ1) is 10.6. The second-order valence-electron chi connectivity index (χ2n) is 4.11. The van der Waals surface area contributed by atoms with Crippen molar-refractivity contribution in [2.75, 3.05) is 0 Å². The molecule has 1 heterocycles. The highest BCUT2D eigenvalue weighted by atomic mass is 79.9. The third-order valence-corrected chi connectivity index (χ3v) is 2.87. The van der Waals surface area contributed by atoms with Crippen molar-refractivity contribution in [2.45, 2.75) is 19.5 Å². The van der Waals surface area contributed by atoms with Gasteiger partial charge in [-0.15, -0.1) is 0 Å². The molecule has 1 aromatic heterocycles. The molecule has 0 aliphatic rings. The predicted octanol–water partition coefficient (Wildman–Crippen LogP) is 3.54. The van der Waals surface area contributed by atoms with Gasteiger partial charge in [0.05, 0.1) is 5.52 Å². The first-order valence-electron chi connectivity index (χ1n) is 4.71. The van der Waals surface area contributed by atoms with E-state index in [-0.39, 0.29) is 0 Å². The summed E-state index contributed by atoms with van der Waals surface area (Å²) in [6.07, 6.45) is 0. The number of nitrogens with zero attached hydrogens (tertiary/aromatic N) is 2. The maximum absolute atomic E-state index is 13.9. The van der Waals surface area contributed by atoms with Crippen molar-refractivity contribution in [3.63, 3.8) is 0 Å². The summed E-state index contributed by atoms with van der Waals surface area (Å²) in [7, 11) is 1.82. The van der Waals surface area contributed by atoms with Gasteiger partial charge in [-0.1, -0.05) is 15.9 Å². The van der Waals surface area contributed by atoms with Gasteiger partial charge in [0.15, 0.2) is 0 Å². The van der Waals surface area contributed by atoms with Crippen LogP contribution in [0.5, 0.6) is 0 Å². The van der Waals surface area contributed by atoms with E-state index in [1.54, 1.807) is 4.68 Å². The lowest BCUT2D eigenvalue weighted by Gasteiger charge is -2.10. The van der Waals surface area contributed by atoms with Crippen LogP contribution in [0.2, 0.25) is 0 Å². The fraction of sp³-hybridized carbons (Fsp3) is 0.364. The molecule has 0 N–H and O–H groups in total. The third kappa shape index (κ3) is 1.78. The van der Waals surface area contributed by atoms with Crippen LogP contribution in [0, 0.1) is 0 Å². The molecule has 0 fully saturated rings. The van der Waals surface area contributed by atoms with Gasteiger partial charge in [0.1, 0.15) is 11.4 Å². The predicted molar refractivity (Wildman–Crippen MR) is 62.5 cm³/mol. The van der Waals surface area contributed by atoms with E-state index in [0.29, 0.717) is 5.69 Å². The van der Waals surface area contributed by atoms with Gasteiger partial charge in [0.2, 0.25) is 0 Å². The minimum Gasteiger partial charge on any atom is -0.268 e. The lowest BCUT2D eigenvalue weighted by atomic mass is 10.0. The summed E-state index contributed by atoms with van der Waals surface area (Å²) >= 11 is 3.38. The number of hydrogen-bond acceptors (Lipinski definition) is 1. The molecule has 2 nitrogen and oxygen atoms in total. The minimum atomic E-state index is -1.42. The number of rotatable bonds is 1. The van der Waals surface area contributed by atoms with Crippen molar-refractivity contribution >= 4 is 26.8 Å². The van der Waals surface area contributed by atoms with Crippen molar-refractivity contribution in [2.24, 2.45) is 7.05 Å². The Morgan fingerprint density at radius 1 is 1.40 bits per heavy atom. The second-order valence-corrected chi connectivity index (χ2v) is 5.02. The molecule has 0 unspecified atom stereocenters. The zero-order chi connectivity index (χ0) is 11.2. The molecule has 0 aliphatic heterocycles. The van der Waals surface area contributed by atoms with Gasteiger partial charge >= 0.3 is 0 Å². The van der Waals surface area contributed by atoms with Gasteiger partial charge in [-0.3, -0.25) is 4.68 Å². The average molecular weight is 271 g/mol. The number of aromatic nitrogens is 2. The quantitative estimate of drug-likeness (QED) is 0.775. The van der Waals surface area contributed by atoms with Crippen molar-refractivity contribution in [1.82, 2.24) is 9.78 Å². The standard InChI is InChI=1S/C11H12BrFN2/c1-11(2,13)10-8-6-7(12)4-5-9(8)15(3)14-10/h4-6H,1-3H3. The molecule has 0 spiro atoms. The fourth-order valence-corrected chi connectivity index (χ4v) is 2.04. The third-order valence-electron chi connectivity index (χ3n) is 2.38. The Labute approximate surface area is 96.2 Å². The lowest BCUT2D eigenvalue weighted by molar-refractivity contribution is 0.215. The number of fused-ring (bicyclic) bond motifs is 1. The molecule has 0 amide bonds. The van der Waals surface area contributed by atoms with Crippen LogP contribution in [0.4, 0.5) is 4.39 Å². The van der Waals surface area contributed by atoms with Crippen LogP contribution in [0.3, 0.4) is 0 Å². The molecule has 0 radical (unpaired) electrons. The van der Waals surface area contributed by atoms with Crippen LogP contribution in [-0.4, -0.2) is 9.78 Å². The van der Waals surface area contributed by atoms with Crippen LogP contribution in [-0.2, 0) is 12.7 Å². The van der Waals surface area contributed by atoms with Gasteiger partial charge in [-0.2, -0.15) is 5.10 Å². The summed E-state index contributed by atoms with van der Waals surface area (Å²) in [6.45, 7) is 3.05. The number of aryl methyl sites for hydroxylation is 1. The first-order valence-corrected chi connectivity index (χ1v) is 5.50. The van der Waals surface area contributed by atoms with Crippen LogP contribution in [0.1, 0.15) is 19.5 Å². The molecule has 0 saturated heterocycles. The number of alkyl halides is 1. The molecule has 2 rings (SSSR count). The van der Waals surface area contributed by atoms with Gasteiger partial charge in [0.25, 0.3) is 0 Å². The summed E-state index contributed by atoms with van der Waals surface area (Å²) < 4.78 is 16.6. The molecule has 4 heteroatoms. The normalized spacial score (nSPS) is 12.3. The maximum Gasteiger partial charge on any atom is 0.149 e. The SMILES string of the molecule is Cn1nc(C(C)(C)F)c2cc(Br)ccc21. The Balaban J connectivity index is 2.81. The monoisotopic (exact) mass is 270 g/mol. The topological polar surface area (TPSA) is 17.8 Å². The fourth-order valence-electron chi connectivity index (χ4n) is 1.68. The van der Waals surface area contributed by atoms with Gasteiger partial charge in [-0.05, 0) is 32.0 Å². The smallest absolute Gasteiger partial charge is 0.149 e. The second kappa shape index (κ2) is 3.30. The molecule has 1 aromatic carbocycles. The van der Waals surface area contributed by atoms with Crippen LogP contribution in [0.15, 0.2) is 22.7 Å². The zero-order valence-electron chi connectivity index (χ0n) is 8.88. The number of hydrogen-bond donors (Lipinski definition) is 0. The Hall–Kier alpha value is -0.900.